The molecule has 3 aromatic carbocycles. The number of anilines is 2. The summed E-state index contributed by atoms with van der Waals surface area (Å²) in [7, 11) is 0. The van der Waals surface area contributed by atoms with E-state index in [0.29, 0.717) is 22.7 Å². The van der Waals surface area contributed by atoms with Crippen molar-refractivity contribution in [1.29, 1.82) is 0 Å². The van der Waals surface area contributed by atoms with E-state index in [2.05, 4.69) is 15.6 Å². The van der Waals surface area contributed by atoms with Crippen LogP contribution in [0.4, 0.5) is 15.8 Å². The summed E-state index contributed by atoms with van der Waals surface area (Å²) in [6, 6.07) is 15.9. The van der Waals surface area contributed by atoms with Gasteiger partial charge in [0.1, 0.15) is 11.4 Å². The molecule has 4 atom stereocenters. The van der Waals surface area contributed by atoms with Crippen LogP contribution in [0.15, 0.2) is 66.9 Å². The lowest BCUT2D eigenvalue weighted by atomic mass is 9.76. The summed E-state index contributed by atoms with van der Waals surface area (Å²) in [4.78, 5) is 46.0. The maximum absolute atomic E-state index is 14.1. The molecule has 2 fully saturated rings. The fraction of sp³-hybridized carbons (Fsp3) is 0.179. The van der Waals surface area contributed by atoms with Crippen LogP contribution in [0.1, 0.15) is 11.1 Å². The van der Waals surface area contributed by atoms with E-state index in [9.17, 15) is 18.8 Å². The third-order valence-electron chi connectivity index (χ3n) is 7.95. The molecule has 190 valence electrons. The van der Waals surface area contributed by atoms with Crippen molar-refractivity contribution >= 4 is 63.2 Å². The van der Waals surface area contributed by atoms with E-state index < -0.39 is 47.0 Å². The van der Waals surface area contributed by atoms with Gasteiger partial charge in [0.05, 0.1) is 22.5 Å². The molecule has 10 heteroatoms. The molecule has 4 heterocycles. The van der Waals surface area contributed by atoms with Crippen molar-refractivity contribution < 1.29 is 18.8 Å². The largest absolute Gasteiger partial charge is 0.361 e. The first-order chi connectivity index (χ1) is 18.3. The first-order valence-electron chi connectivity index (χ1n) is 12.1. The number of H-pyrrole nitrogens is 1. The number of amides is 3. The van der Waals surface area contributed by atoms with E-state index in [0.717, 1.165) is 27.4 Å². The van der Waals surface area contributed by atoms with Gasteiger partial charge in [0.2, 0.25) is 17.7 Å². The van der Waals surface area contributed by atoms with Crippen LogP contribution in [-0.2, 0) is 26.3 Å². The van der Waals surface area contributed by atoms with E-state index in [1.807, 2.05) is 30.5 Å². The molecule has 2 saturated heterocycles. The Balaban J connectivity index is 1.39. The predicted molar refractivity (Wildman–Crippen MR) is 142 cm³/mol. The van der Waals surface area contributed by atoms with E-state index in [-0.39, 0.29) is 10.7 Å². The first kappa shape index (κ1) is 23.4. The van der Waals surface area contributed by atoms with Gasteiger partial charge in [-0.25, -0.2) is 9.29 Å². The Morgan fingerprint density at radius 2 is 1.79 bits per heavy atom. The van der Waals surface area contributed by atoms with Crippen LogP contribution in [0.3, 0.4) is 0 Å². The Morgan fingerprint density at radius 1 is 0.974 bits per heavy atom. The minimum Gasteiger partial charge on any atom is -0.361 e. The van der Waals surface area contributed by atoms with E-state index in [4.69, 9.17) is 23.2 Å². The zero-order chi connectivity index (χ0) is 26.3. The molecule has 1 aromatic heterocycles. The standard InChI is InChI=1S/C28H19Cl2FN4O3/c29-14-5-8-21-17(10-14)28(27(38)33-21)24-23(22(34-28)9-13-12-32-20-4-2-1-3-16(13)20)25(36)35(26(24)37)15-6-7-19(31)18(30)11-15/h1-8,10-12,22-24,32,34H,9H2,(H,33,38)/t22-,23+,24-,28-/m0/s1. The minimum atomic E-state index is -1.51. The highest BCUT2D eigenvalue weighted by molar-refractivity contribution is 6.32. The number of aromatic amines is 1. The number of hydrogen-bond donors (Lipinski definition) is 3. The number of halogens is 3. The molecule has 0 bridgehead atoms. The molecule has 3 aliphatic heterocycles. The van der Waals surface area contributed by atoms with Gasteiger partial charge < -0.3 is 10.3 Å². The van der Waals surface area contributed by atoms with Crippen molar-refractivity contribution in [3.63, 3.8) is 0 Å². The number of carbonyl (C=O) groups excluding carboxylic acids is 3. The van der Waals surface area contributed by atoms with Crippen molar-refractivity contribution in [1.82, 2.24) is 10.3 Å². The van der Waals surface area contributed by atoms with Gasteiger partial charge in [-0.1, -0.05) is 41.4 Å². The van der Waals surface area contributed by atoms with Crippen LogP contribution in [-0.4, -0.2) is 28.7 Å². The molecule has 3 N–H and O–H groups in total. The Morgan fingerprint density at radius 3 is 2.61 bits per heavy atom. The van der Waals surface area contributed by atoms with Gasteiger partial charge in [-0.3, -0.25) is 19.7 Å². The molecule has 3 aliphatic rings. The highest BCUT2D eigenvalue weighted by Crippen LogP contribution is 2.54. The third kappa shape index (κ3) is 3.08. The summed E-state index contributed by atoms with van der Waals surface area (Å²) >= 11 is 12.3. The highest BCUT2D eigenvalue weighted by atomic mass is 35.5. The number of hydrogen-bond acceptors (Lipinski definition) is 4. The average Bonchev–Trinajstić information content (AvgIpc) is 3.60. The number of nitrogens with zero attached hydrogens (tertiary/aromatic N) is 1. The lowest BCUT2D eigenvalue weighted by Gasteiger charge is -2.29. The topological polar surface area (TPSA) is 94.3 Å². The van der Waals surface area contributed by atoms with Gasteiger partial charge in [0, 0.05) is 39.4 Å². The number of aromatic nitrogens is 1. The lowest BCUT2D eigenvalue weighted by molar-refractivity contribution is -0.130. The van der Waals surface area contributed by atoms with Gasteiger partial charge in [-0.15, -0.1) is 0 Å². The molecule has 3 amide bonds. The quantitative estimate of drug-likeness (QED) is 0.321. The Bertz CT molecular complexity index is 1700. The molecule has 0 aliphatic carbocycles. The number of imide groups is 1. The SMILES string of the molecule is O=C1[C@@H]2[C@H](Cc3c[nH]c4ccccc34)N[C@]3(C(=O)Nc4ccc(Cl)cc43)[C@@H]2C(=O)N1c1ccc(F)c(Cl)c1. The molecule has 0 saturated carbocycles. The first-order valence-corrected chi connectivity index (χ1v) is 12.8. The van der Waals surface area contributed by atoms with E-state index in [1.165, 1.54) is 12.1 Å². The number of rotatable bonds is 3. The second-order valence-corrected chi connectivity index (χ2v) is 10.7. The Hall–Kier alpha value is -3.72. The predicted octanol–water partition coefficient (Wildman–Crippen LogP) is 4.78. The van der Waals surface area contributed by atoms with Crippen LogP contribution in [0.2, 0.25) is 10.0 Å². The van der Waals surface area contributed by atoms with Crippen molar-refractivity contribution in [2.24, 2.45) is 11.8 Å². The summed E-state index contributed by atoms with van der Waals surface area (Å²) in [5, 5.41) is 7.47. The maximum Gasteiger partial charge on any atom is 0.250 e. The molecular formula is C28H19Cl2FN4O3. The van der Waals surface area contributed by atoms with Gasteiger partial charge in [0.15, 0.2) is 0 Å². The maximum atomic E-state index is 14.1. The molecule has 4 aromatic rings. The summed E-state index contributed by atoms with van der Waals surface area (Å²) in [6.07, 6.45) is 2.26. The van der Waals surface area contributed by atoms with Crippen LogP contribution in [0, 0.1) is 17.7 Å². The second kappa shape index (κ2) is 8.14. The number of para-hydroxylation sites is 1. The minimum absolute atomic E-state index is 0.159. The fourth-order valence-corrected chi connectivity index (χ4v) is 6.71. The lowest BCUT2D eigenvalue weighted by Crippen LogP contribution is -2.53. The molecule has 7 nitrogen and oxygen atoms in total. The van der Waals surface area contributed by atoms with Crippen LogP contribution < -0.4 is 15.5 Å². The van der Waals surface area contributed by atoms with E-state index in [1.54, 1.807) is 18.2 Å². The smallest absolute Gasteiger partial charge is 0.250 e. The van der Waals surface area contributed by atoms with Crippen molar-refractivity contribution in [3.8, 4) is 0 Å². The highest BCUT2D eigenvalue weighted by Gasteiger charge is 2.70. The summed E-state index contributed by atoms with van der Waals surface area (Å²) in [5.74, 6) is -4.03. The summed E-state index contributed by atoms with van der Waals surface area (Å²) < 4.78 is 13.9. The molecule has 38 heavy (non-hydrogen) atoms. The zero-order valence-corrected chi connectivity index (χ0v) is 21.1. The molecule has 1 spiro atoms. The normalized spacial score (nSPS) is 25.9. The molecule has 0 radical (unpaired) electrons. The van der Waals surface area contributed by atoms with Crippen molar-refractivity contribution in [2.45, 2.75) is 18.0 Å². The van der Waals surface area contributed by atoms with Crippen LogP contribution in [0.25, 0.3) is 10.9 Å². The number of nitrogens with one attached hydrogen (secondary N) is 3. The van der Waals surface area contributed by atoms with Crippen LogP contribution in [0.5, 0.6) is 0 Å². The number of carbonyl (C=O) groups is 3. The molecule has 0 unspecified atom stereocenters. The molecular weight excluding hydrogens is 530 g/mol. The summed E-state index contributed by atoms with van der Waals surface area (Å²) in [5.41, 5.74) is 1.59. The average molecular weight is 549 g/mol. The Kier molecular flexibility index (Phi) is 5.01. The molecule has 7 rings (SSSR count). The zero-order valence-electron chi connectivity index (χ0n) is 19.6. The second-order valence-electron chi connectivity index (χ2n) is 9.88. The fourth-order valence-electron chi connectivity index (χ4n) is 6.36. The Labute approximate surface area is 225 Å². The van der Waals surface area contributed by atoms with E-state index >= 15 is 0 Å². The van der Waals surface area contributed by atoms with Gasteiger partial charge in [-0.05, 0) is 54.4 Å². The van der Waals surface area contributed by atoms with Crippen molar-refractivity contribution in [2.75, 3.05) is 10.2 Å². The summed E-state index contributed by atoms with van der Waals surface area (Å²) in [6.45, 7) is 0. The monoisotopic (exact) mass is 548 g/mol. The van der Waals surface area contributed by atoms with Gasteiger partial charge in [-0.2, -0.15) is 0 Å². The van der Waals surface area contributed by atoms with Gasteiger partial charge in [0.25, 0.3) is 0 Å². The third-order valence-corrected chi connectivity index (χ3v) is 8.48. The van der Waals surface area contributed by atoms with Crippen LogP contribution >= 0.6 is 23.2 Å². The van der Waals surface area contributed by atoms with Crippen molar-refractivity contribution in [3.05, 3.63) is 93.8 Å². The number of benzene rings is 3. The van der Waals surface area contributed by atoms with Gasteiger partial charge >= 0.3 is 0 Å². The number of fused-ring (bicyclic) bond motifs is 5.